The average Bonchev–Trinajstić information content (AvgIpc) is 2.84. The van der Waals surface area contributed by atoms with Crippen molar-refractivity contribution < 1.29 is 4.74 Å². The van der Waals surface area contributed by atoms with Gasteiger partial charge in [0.2, 0.25) is 0 Å². The van der Waals surface area contributed by atoms with Crippen molar-refractivity contribution in [2.75, 3.05) is 20.2 Å². The van der Waals surface area contributed by atoms with Gasteiger partial charge in [0.25, 0.3) is 0 Å². The van der Waals surface area contributed by atoms with Crippen molar-refractivity contribution in [3.8, 4) is 11.8 Å². The first-order chi connectivity index (χ1) is 9.20. The van der Waals surface area contributed by atoms with Crippen molar-refractivity contribution in [2.45, 2.75) is 32.0 Å². The van der Waals surface area contributed by atoms with Crippen LogP contribution in [0, 0.1) is 11.8 Å². The highest BCUT2D eigenvalue weighted by Crippen LogP contribution is 2.20. The number of hydrogen-bond donors (Lipinski definition) is 1. The van der Waals surface area contributed by atoms with Gasteiger partial charge in [-0.1, -0.05) is 24.0 Å². The zero-order valence-corrected chi connectivity index (χ0v) is 11.7. The molecule has 1 heterocycles. The minimum absolute atomic E-state index is 0.333. The summed E-state index contributed by atoms with van der Waals surface area (Å²) in [6, 6.07) is 8.91. The molecular weight excluding hydrogens is 236 g/mol. The fourth-order valence-electron chi connectivity index (χ4n) is 2.55. The molecule has 0 aromatic heterocycles. The number of ether oxygens (including phenoxy) is 1. The molecule has 1 aromatic carbocycles. The van der Waals surface area contributed by atoms with Gasteiger partial charge in [-0.05, 0) is 38.1 Å². The van der Waals surface area contributed by atoms with E-state index in [9.17, 15) is 0 Å². The number of likely N-dealkylation sites (N-methyl/N-ethyl adjacent to an activating group) is 1. The van der Waals surface area contributed by atoms with Crippen LogP contribution in [-0.4, -0.2) is 37.2 Å². The molecule has 2 rings (SSSR count). The lowest BCUT2D eigenvalue weighted by Gasteiger charge is -2.26. The molecule has 2 atom stereocenters. The van der Waals surface area contributed by atoms with Gasteiger partial charge in [-0.25, -0.2) is 0 Å². The molecule has 0 spiro atoms. The van der Waals surface area contributed by atoms with E-state index in [0.29, 0.717) is 18.7 Å². The summed E-state index contributed by atoms with van der Waals surface area (Å²) < 4.78 is 5.62. The number of benzene rings is 1. The van der Waals surface area contributed by atoms with Crippen molar-refractivity contribution in [2.24, 2.45) is 5.73 Å². The van der Waals surface area contributed by atoms with Crippen LogP contribution in [0.15, 0.2) is 24.3 Å². The largest absolute Gasteiger partial charge is 0.377 e. The Labute approximate surface area is 115 Å². The molecule has 2 unspecified atom stereocenters. The summed E-state index contributed by atoms with van der Waals surface area (Å²) in [7, 11) is 2.16. The number of nitrogens with two attached hydrogens (primary N) is 1. The third-order valence-corrected chi connectivity index (χ3v) is 3.62. The average molecular weight is 258 g/mol. The summed E-state index contributed by atoms with van der Waals surface area (Å²) in [5.74, 6) is 5.90. The van der Waals surface area contributed by atoms with Crippen molar-refractivity contribution in [1.82, 2.24) is 4.90 Å². The van der Waals surface area contributed by atoms with E-state index in [1.165, 1.54) is 5.56 Å². The van der Waals surface area contributed by atoms with Gasteiger partial charge >= 0.3 is 0 Å². The SMILES string of the molecule is CC1OCCC1N(C)Cc1ccc(C#CCN)cc1. The standard InChI is InChI=1S/C16H22N2O/c1-13-16(9-11-19-13)18(2)12-15-7-5-14(6-8-15)4-3-10-17/h5-8,13,16H,9-12,17H2,1-2H3. The lowest BCUT2D eigenvalue weighted by molar-refractivity contribution is 0.0814. The van der Waals surface area contributed by atoms with Crippen LogP contribution in [-0.2, 0) is 11.3 Å². The van der Waals surface area contributed by atoms with Gasteiger partial charge in [-0.15, -0.1) is 0 Å². The minimum atomic E-state index is 0.333. The topological polar surface area (TPSA) is 38.5 Å². The van der Waals surface area contributed by atoms with Crippen LogP contribution in [0.3, 0.4) is 0 Å². The lowest BCUT2D eigenvalue weighted by Crippen LogP contribution is -2.36. The summed E-state index contributed by atoms with van der Waals surface area (Å²) in [4.78, 5) is 2.37. The maximum Gasteiger partial charge on any atom is 0.0703 e. The van der Waals surface area contributed by atoms with Crippen LogP contribution in [0.5, 0.6) is 0 Å². The van der Waals surface area contributed by atoms with Gasteiger partial charge in [0.1, 0.15) is 0 Å². The molecule has 1 aliphatic heterocycles. The Hall–Kier alpha value is -1.34. The molecule has 3 nitrogen and oxygen atoms in total. The van der Waals surface area contributed by atoms with Crippen molar-refractivity contribution in [1.29, 1.82) is 0 Å². The van der Waals surface area contributed by atoms with E-state index in [-0.39, 0.29) is 0 Å². The van der Waals surface area contributed by atoms with E-state index >= 15 is 0 Å². The quantitative estimate of drug-likeness (QED) is 0.837. The Kier molecular flexibility index (Phi) is 4.98. The number of nitrogens with zero attached hydrogens (tertiary/aromatic N) is 1. The number of rotatable bonds is 3. The fraction of sp³-hybridized carbons (Fsp3) is 0.500. The normalized spacial score (nSPS) is 22.3. The Balaban J connectivity index is 1.95. The van der Waals surface area contributed by atoms with Crippen LogP contribution < -0.4 is 5.73 Å². The number of hydrogen-bond acceptors (Lipinski definition) is 3. The van der Waals surface area contributed by atoms with Gasteiger partial charge in [0.15, 0.2) is 0 Å². The van der Waals surface area contributed by atoms with Gasteiger partial charge in [0, 0.05) is 24.8 Å². The molecule has 0 aliphatic carbocycles. The first-order valence-corrected chi connectivity index (χ1v) is 6.80. The fourth-order valence-corrected chi connectivity index (χ4v) is 2.55. The third-order valence-electron chi connectivity index (χ3n) is 3.62. The predicted molar refractivity (Wildman–Crippen MR) is 77.7 cm³/mol. The molecule has 1 fully saturated rings. The van der Waals surface area contributed by atoms with Crippen molar-refractivity contribution in [3.05, 3.63) is 35.4 Å². The first-order valence-electron chi connectivity index (χ1n) is 6.80. The summed E-state index contributed by atoms with van der Waals surface area (Å²) in [6.07, 6.45) is 1.46. The second-order valence-electron chi connectivity index (χ2n) is 5.05. The van der Waals surface area contributed by atoms with Gasteiger partial charge < -0.3 is 10.5 Å². The highest BCUT2D eigenvalue weighted by Gasteiger charge is 2.27. The molecule has 3 heteroatoms. The van der Waals surface area contributed by atoms with Crippen LogP contribution in [0.2, 0.25) is 0 Å². The van der Waals surface area contributed by atoms with E-state index in [4.69, 9.17) is 10.5 Å². The van der Waals surface area contributed by atoms with Crippen LogP contribution in [0.25, 0.3) is 0 Å². The third kappa shape index (κ3) is 3.81. The van der Waals surface area contributed by atoms with E-state index in [1.807, 2.05) is 0 Å². The second-order valence-corrected chi connectivity index (χ2v) is 5.05. The zero-order chi connectivity index (χ0) is 13.7. The summed E-state index contributed by atoms with van der Waals surface area (Å²) in [5.41, 5.74) is 7.69. The van der Waals surface area contributed by atoms with Crippen molar-refractivity contribution >= 4 is 0 Å². The molecule has 0 saturated carbocycles. The highest BCUT2D eigenvalue weighted by molar-refractivity contribution is 5.36. The van der Waals surface area contributed by atoms with Crippen LogP contribution in [0.4, 0.5) is 0 Å². The molecule has 2 N–H and O–H groups in total. The molecule has 1 aliphatic rings. The summed E-state index contributed by atoms with van der Waals surface area (Å²) in [5, 5.41) is 0. The highest BCUT2D eigenvalue weighted by atomic mass is 16.5. The van der Waals surface area contributed by atoms with Gasteiger partial charge in [-0.2, -0.15) is 0 Å². The Morgan fingerprint density at radius 3 is 2.68 bits per heavy atom. The molecule has 19 heavy (non-hydrogen) atoms. The minimum Gasteiger partial charge on any atom is -0.377 e. The Bertz CT molecular complexity index is 458. The first kappa shape index (κ1) is 14.1. The van der Waals surface area contributed by atoms with Gasteiger partial charge in [0.05, 0.1) is 12.6 Å². The molecular formula is C16H22N2O. The summed E-state index contributed by atoms with van der Waals surface area (Å²) in [6.45, 7) is 4.39. The molecule has 0 radical (unpaired) electrons. The van der Waals surface area contributed by atoms with E-state index in [2.05, 4.69) is 55.0 Å². The summed E-state index contributed by atoms with van der Waals surface area (Å²) >= 11 is 0. The van der Waals surface area contributed by atoms with Gasteiger partial charge in [-0.3, -0.25) is 4.90 Å². The van der Waals surface area contributed by atoms with Crippen LogP contribution >= 0.6 is 0 Å². The second kappa shape index (κ2) is 6.72. The van der Waals surface area contributed by atoms with E-state index in [1.54, 1.807) is 0 Å². The molecule has 102 valence electrons. The van der Waals surface area contributed by atoms with E-state index < -0.39 is 0 Å². The molecule has 0 bridgehead atoms. The smallest absolute Gasteiger partial charge is 0.0703 e. The monoisotopic (exact) mass is 258 g/mol. The predicted octanol–water partition coefficient (Wildman–Crippen LogP) is 1.61. The maximum atomic E-state index is 5.62. The molecule has 1 aromatic rings. The van der Waals surface area contributed by atoms with Crippen LogP contribution in [0.1, 0.15) is 24.5 Å². The molecule has 0 amide bonds. The zero-order valence-electron chi connectivity index (χ0n) is 11.7. The molecule has 1 saturated heterocycles. The van der Waals surface area contributed by atoms with E-state index in [0.717, 1.165) is 25.1 Å². The van der Waals surface area contributed by atoms with Crippen molar-refractivity contribution in [3.63, 3.8) is 0 Å². The Morgan fingerprint density at radius 2 is 2.11 bits per heavy atom. The maximum absolute atomic E-state index is 5.62. The lowest BCUT2D eigenvalue weighted by atomic mass is 10.1. The Morgan fingerprint density at radius 1 is 1.37 bits per heavy atom.